The Kier molecular flexibility index (Phi) is 3.13. The van der Waals surface area contributed by atoms with Crippen LogP contribution in [0.2, 0.25) is 0 Å². The van der Waals surface area contributed by atoms with Crippen LogP contribution in [0.25, 0.3) is 22.4 Å². The van der Waals surface area contributed by atoms with Crippen molar-refractivity contribution in [1.82, 2.24) is 14.6 Å². The summed E-state index contributed by atoms with van der Waals surface area (Å²) in [4.78, 5) is 14.4. The molecule has 0 amide bonds. The van der Waals surface area contributed by atoms with Gasteiger partial charge >= 0.3 is 0 Å². The molecule has 0 N–H and O–H groups in total. The molecule has 1 aromatic carbocycles. The van der Waals surface area contributed by atoms with E-state index >= 15 is 0 Å². The number of thiazole rings is 1. The fraction of sp³-hybridized carbons (Fsp3) is 0.0625. The second kappa shape index (κ2) is 5.15. The number of aryl methyl sites for hydroxylation is 1. The molecule has 4 aromatic rings. The largest absolute Gasteiger partial charge is 0.276 e. The fourth-order valence-electron chi connectivity index (χ4n) is 2.34. The summed E-state index contributed by atoms with van der Waals surface area (Å²) in [6, 6.07) is 11.9. The first-order chi connectivity index (χ1) is 10.7. The van der Waals surface area contributed by atoms with Gasteiger partial charge in [-0.15, -0.1) is 21.5 Å². The average Bonchev–Trinajstić information content (AvgIpc) is 3.20. The quantitative estimate of drug-likeness (QED) is 0.569. The van der Waals surface area contributed by atoms with Crippen LogP contribution in [0.3, 0.4) is 0 Å². The summed E-state index contributed by atoms with van der Waals surface area (Å²) >= 11 is 2.98. The predicted molar refractivity (Wildman–Crippen MR) is 90.4 cm³/mol. The second-order valence-electron chi connectivity index (χ2n) is 4.94. The molecule has 4 nitrogen and oxygen atoms in total. The second-order valence-corrected chi connectivity index (χ2v) is 6.93. The minimum Gasteiger partial charge on any atom is -0.267 e. The topological polar surface area (TPSA) is 47.3 Å². The lowest BCUT2D eigenvalue weighted by Gasteiger charge is -1.98. The van der Waals surface area contributed by atoms with Crippen molar-refractivity contribution < 1.29 is 0 Å². The molecule has 4 rings (SSSR count). The summed E-state index contributed by atoms with van der Waals surface area (Å²) in [5.41, 5.74) is 1.97. The summed E-state index contributed by atoms with van der Waals surface area (Å²) in [6.45, 7) is 2.02. The molecule has 3 aromatic heterocycles. The van der Waals surface area contributed by atoms with Gasteiger partial charge in [-0.2, -0.15) is 0 Å². The molecule has 0 saturated carbocycles. The smallest absolute Gasteiger partial charge is 0.267 e. The highest BCUT2D eigenvalue weighted by Gasteiger charge is 2.14. The molecule has 0 aliphatic rings. The van der Waals surface area contributed by atoms with E-state index in [-0.39, 0.29) is 5.56 Å². The van der Waals surface area contributed by atoms with Crippen molar-refractivity contribution in [2.75, 3.05) is 0 Å². The van der Waals surface area contributed by atoms with Gasteiger partial charge in [-0.1, -0.05) is 41.2 Å². The number of benzene rings is 1. The Morgan fingerprint density at radius 2 is 2.09 bits per heavy atom. The molecule has 0 bridgehead atoms. The molecule has 22 heavy (non-hydrogen) atoms. The van der Waals surface area contributed by atoms with E-state index in [0.29, 0.717) is 15.3 Å². The number of aromatic nitrogens is 3. The molecule has 0 unspecified atom stereocenters. The Bertz CT molecular complexity index is 1060. The van der Waals surface area contributed by atoms with Crippen LogP contribution in [0.5, 0.6) is 0 Å². The van der Waals surface area contributed by atoms with Gasteiger partial charge in [-0.05, 0) is 30.5 Å². The number of hydrogen-bond acceptors (Lipinski definition) is 5. The van der Waals surface area contributed by atoms with E-state index in [0.717, 1.165) is 16.0 Å². The normalized spacial score (nSPS) is 12.3. The zero-order chi connectivity index (χ0) is 15.1. The van der Waals surface area contributed by atoms with Crippen molar-refractivity contribution >= 4 is 33.7 Å². The van der Waals surface area contributed by atoms with Crippen molar-refractivity contribution in [2.24, 2.45) is 0 Å². The van der Waals surface area contributed by atoms with Crippen molar-refractivity contribution in [2.45, 2.75) is 6.92 Å². The van der Waals surface area contributed by atoms with Crippen molar-refractivity contribution in [3.8, 4) is 11.4 Å². The Morgan fingerprint density at radius 3 is 2.86 bits per heavy atom. The Labute approximate surface area is 134 Å². The monoisotopic (exact) mass is 325 g/mol. The first-order valence-electron chi connectivity index (χ1n) is 6.72. The predicted octanol–water partition coefficient (Wildman–Crippen LogP) is 2.74. The maximum atomic E-state index is 12.7. The van der Waals surface area contributed by atoms with Crippen LogP contribution in [0.15, 0.2) is 46.6 Å². The lowest BCUT2D eigenvalue weighted by molar-refractivity contribution is 1.09. The van der Waals surface area contributed by atoms with Gasteiger partial charge in [-0.25, -0.2) is 4.40 Å². The minimum absolute atomic E-state index is 0.0603. The van der Waals surface area contributed by atoms with Gasteiger partial charge in [0.1, 0.15) is 0 Å². The van der Waals surface area contributed by atoms with Crippen LogP contribution in [0.1, 0.15) is 10.4 Å². The van der Waals surface area contributed by atoms with Crippen LogP contribution in [0, 0.1) is 6.92 Å². The van der Waals surface area contributed by atoms with E-state index in [1.54, 1.807) is 15.7 Å². The highest BCUT2D eigenvalue weighted by atomic mass is 32.1. The molecule has 0 atom stereocenters. The van der Waals surface area contributed by atoms with Gasteiger partial charge in [0.05, 0.1) is 4.53 Å². The van der Waals surface area contributed by atoms with Gasteiger partial charge in [0.25, 0.3) is 5.56 Å². The molecule has 0 fully saturated rings. The number of fused-ring (bicyclic) bond motifs is 1. The van der Waals surface area contributed by atoms with Gasteiger partial charge in [0, 0.05) is 10.4 Å². The van der Waals surface area contributed by atoms with E-state index in [4.69, 9.17) is 0 Å². The van der Waals surface area contributed by atoms with Crippen LogP contribution < -0.4 is 10.1 Å². The lowest BCUT2D eigenvalue weighted by atomic mass is 10.1. The summed E-state index contributed by atoms with van der Waals surface area (Å²) in [5.74, 6) is 0.603. The van der Waals surface area contributed by atoms with Gasteiger partial charge in [-0.3, -0.25) is 4.79 Å². The molecule has 0 aliphatic heterocycles. The molecule has 108 valence electrons. The molecular weight excluding hydrogens is 314 g/mol. The average molecular weight is 325 g/mol. The molecule has 6 heteroatoms. The van der Waals surface area contributed by atoms with Crippen LogP contribution >= 0.6 is 22.7 Å². The third-order valence-electron chi connectivity index (χ3n) is 3.34. The highest BCUT2D eigenvalue weighted by molar-refractivity contribution is 7.15. The summed E-state index contributed by atoms with van der Waals surface area (Å²) < 4.78 is 2.28. The number of rotatable bonds is 2. The Balaban J connectivity index is 1.96. The van der Waals surface area contributed by atoms with E-state index < -0.39 is 0 Å². The third kappa shape index (κ3) is 2.17. The van der Waals surface area contributed by atoms with Crippen LogP contribution in [0.4, 0.5) is 0 Å². The highest BCUT2D eigenvalue weighted by Crippen LogP contribution is 2.19. The molecule has 0 spiro atoms. The van der Waals surface area contributed by atoms with Crippen molar-refractivity contribution in [1.29, 1.82) is 0 Å². The number of hydrogen-bond donors (Lipinski definition) is 0. The summed E-state index contributed by atoms with van der Waals surface area (Å²) in [7, 11) is 0. The van der Waals surface area contributed by atoms with Crippen LogP contribution in [-0.4, -0.2) is 14.6 Å². The SMILES string of the molecule is Cc1cccc(-c2nnc3s/c(=C\c4cccs4)c(=O)n23)c1. The molecular formula is C16H11N3OS2. The van der Waals surface area contributed by atoms with E-state index in [1.165, 1.54) is 11.3 Å². The Morgan fingerprint density at radius 1 is 1.18 bits per heavy atom. The zero-order valence-electron chi connectivity index (χ0n) is 11.7. The maximum absolute atomic E-state index is 12.7. The van der Waals surface area contributed by atoms with Crippen molar-refractivity contribution in [3.63, 3.8) is 0 Å². The lowest BCUT2D eigenvalue weighted by Crippen LogP contribution is -2.23. The summed E-state index contributed by atoms with van der Waals surface area (Å²) in [6.07, 6.45) is 1.91. The molecule has 0 aliphatic carbocycles. The molecule has 0 saturated heterocycles. The van der Waals surface area contributed by atoms with Crippen LogP contribution in [-0.2, 0) is 0 Å². The third-order valence-corrected chi connectivity index (χ3v) is 5.12. The molecule has 3 heterocycles. The van der Waals surface area contributed by atoms with Gasteiger partial charge in [0.15, 0.2) is 5.82 Å². The van der Waals surface area contributed by atoms with E-state index in [2.05, 4.69) is 10.2 Å². The fourth-order valence-corrected chi connectivity index (χ4v) is 3.97. The number of nitrogens with zero attached hydrogens (tertiary/aromatic N) is 3. The minimum atomic E-state index is -0.0603. The van der Waals surface area contributed by atoms with E-state index in [1.807, 2.05) is 54.8 Å². The summed E-state index contributed by atoms with van der Waals surface area (Å²) in [5, 5.41) is 10.3. The standard InChI is InChI=1S/C16H11N3OS2/c1-10-4-2-5-11(8-10)14-17-18-16-19(14)15(20)13(22-16)9-12-6-3-7-21-12/h2-9H,1H3/b13-9-. The Hall–Kier alpha value is -2.31. The molecule has 0 radical (unpaired) electrons. The number of thiophene rings is 1. The van der Waals surface area contributed by atoms with Gasteiger partial charge < -0.3 is 0 Å². The first kappa shape index (κ1) is 13.4. The maximum Gasteiger partial charge on any atom is 0.276 e. The van der Waals surface area contributed by atoms with Crippen molar-refractivity contribution in [3.05, 3.63) is 67.1 Å². The van der Waals surface area contributed by atoms with E-state index in [9.17, 15) is 4.79 Å². The zero-order valence-corrected chi connectivity index (χ0v) is 13.3. The van der Waals surface area contributed by atoms with Gasteiger partial charge in [0.2, 0.25) is 4.96 Å². The first-order valence-corrected chi connectivity index (χ1v) is 8.42.